The number of rotatable bonds is 9. The van der Waals surface area contributed by atoms with Crippen LogP contribution in [0.1, 0.15) is 26.2 Å². The van der Waals surface area contributed by atoms with E-state index in [9.17, 15) is 18.0 Å². The number of hydrogen-bond donors (Lipinski definition) is 0. The minimum absolute atomic E-state index is 0.176. The molecule has 0 radical (unpaired) electrons. The normalized spacial score (nSPS) is 15.4. The van der Waals surface area contributed by atoms with Crippen LogP contribution in [0.4, 0.5) is 0 Å². The number of sulfonamides is 1. The third-order valence-electron chi connectivity index (χ3n) is 5.90. The Morgan fingerprint density at radius 3 is 2.50 bits per heavy atom. The van der Waals surface area contributed by atoms with E-state index in [-0.39, 0.29) is 36.5 Å². The van der Waals surface area contributed by atoms with Gasteiger partial charge in [0.05, 0.1) is 29.5 Å². The van der Waals surface area contributed by atoms with Crippen LogP contribution in [0, 0.1) is 5.92 Å². The first-order valence-electron chi connectivity index (χ1n) is 11.4. The average molecular weight is 489 g/mol. The Kier molecular flexibility index (Phi) is 7.38. The predicted octanol–water partition coefficient (Wildman–Crippen LogP) is 3.03. The molecule has 0 bridgehead atoms. The standard InChI is InChI=1S/C24H28N2O7S/c1-2-31-19-8-10-20(11-9-19)34(29,30)25-15-12-18(13-16-25)23(27)32-17-5-14-26-21-6-3-4-7-22(21)33-24(26)28/h3-4,6-11,18H,2,5,12-17H2,1H3. The summed E-state index contributed by atoms with van der Waals surface area (Å²) in [4.78, 5) is 24.7. The largest absolute Gasteiger partial charge is 0.494 e. The van der Waals surface area contributed by atoms with E-state index in [0.29, 0.717) is 49.3 Å². The molecule has 1 aromatic heterocycles. The highest BCUT2D eigenvalue weighted by Gasteiger charge is 2.32. The Bertz CT molecular complexity index is 1290. The van der Waals surface area contributed by atoms with Crippen LogP contribution in [0.25, 0.3) is 11.1 Å². The summed E-state index contributed by atoms with van der Waals surface area (Å²) >= 11 is 0. The number of oxazole rings is 1. The van der Waals surface area contributed by atoms with E-state index in [4.69, 9.17) is 13.9 Å². The molecule has 4 rings (SSSR count). The van der Waals surface area contributed by atoms with E-state index in [0.717, 1.165) is 0 Å². The second-order valence-electron chi connectivity index (χ2n) is 8.09. The Morgan fingerprint density at radius 1 is 1.09 bits per heavy atom. The van der Waals surface area contributed by atoms with Gasteiger partial charge in [-0.3, -0.25) is 9.36 Å². The van der Waals surface area contributed by atoms with Crippen LogP contribution in [0.3, 0.4) is 0 Å². The Morgan fingerprint density at radius 2 is 1.79 bits per heavy atom. The SMILES string of the molecule is CCOc1ccc(S(=O)(=O)N2CCC(C(=O)OCCCn3c(=O)oc4ccccc43)CC2)cc1. The number of hydrogen-bond acceptors (Lipinski definition) is 7. The van der Waals surface area contributed by atoms with Crippen LogP contribution in [0.5, 0.6) is 5.75 Å². The number of benzene rings is 2. The lowest BCUT2D eigenvalue weighted by Crippen LogP contribution is -2.40. The number of para-hydroxylation sites is 2. The van der Waals surface area contributed by atoms with Crippen LogP contribution in [-0.4, -0.2) is 49.6 Å². The summed E-state index contributed by atoms with van der Waals surface area (Å²) in [6.45, 7) is 3.44. The van der Waals surface area contributed by atoms with Gasteiger partial charge in [-0.05, 0) is 62.6 Å². The van der Waals surface area contributed by atoms with Gasteiger partial charge < -0.3 is 13.9 Å². The van der Waals surface area contributed by atoms with E-state index in [2.05, 4.69) is 0 Å². The molecule has 3 aromatic rings. The van der Waals surface area contributed by atoms with Crippen molar-refractivity contribution in [1.29, 1.82) is 0 Å². The van der Waals surface area contributed by atoms with Crippen molar-refractivity contribution in [3.8, 4) is 5.75 Å². The molecule has 2 heterocycles. The number of ether oxygens (including phenoxy) is 2. The second kappa shape index (κ2) is 10.4. The maximum absolute atomic E-state index is 12.9. The van der Waals surface area contributed by atoms with E-state index in [1.165, 1.54) is 21.0 Å². The molecule has 1 fully saturated rings. The van der Waals surface area contributed by atoms with Gasteiger partial charge in [0.15, 0.2) is 5.58 Å². The van der Waals surface area contributed by atoms with Crippen molar-refractivity contribution in [2.24, 2.45) is 5.92 Å². The first-order valence-corrected chi connectivity index (χ1v) is 12.8. The van der Waals surface area contributed by atoms with E-state index < -0.39 is 15.8 Å². The molecule has 0 saturated carbocycles. The summed E-state index contributed by atoms with van der Waals surface area (Å²) in [5.74, 6) is -0.492. The first kappa shape index (κ1) is 24.0. The van der Waals surface area contributed by atoms with Gasteiger partial charge in [0, 0.05) is 19.6 Å². The lowest BCUT2D eigenvalue weighted by atomic mass is 9.98. The highest BCUT2D eigenvalue weighted by atomic mass is 32.2. The van der Waals surface area contributed by atoms with Crippen LogP contribution < -0.4 is 10.5 Å². The van der Waals surface area contributed by atoms with Crippen molar-refractivity contribution in [1.82, 2.24) is 8.87 Å². The molecule has 1 aliphatic rings. The number of nitrogens with zero attached hydrogens (tertiary/aromatic N) is 2. The zero-order valence-corrected chi connectivity index (χ0v) is 19.8. The molecule has 1 aliphatic heterocycles. The van der Waals surface area contributed by atoms with Gasteiger partial charge in [0.25, 0.3) is 0 Å². The van der Waals surface area contributed by atoms with Crippen molar-refractivity contribution < 1.29 is 27.1 Å². The van der Waals surface area contributed by atoms with Gasteiger partial charge in [-0.25, -0.2) is 13.2 Å². The topological polar surface area (TPSA) is 108 Å². The number of aromatic nitrogens is 1. The number of piperidine rings is 1. The van der Waals surface area contributed by atoms with Crippen molar-refractivity contribution >= 4 is 27.1 Å². The summed E-state index contributed by atoms with van der Waals surface area (Å²) in [7, 11) is -3.63. The second-order valence-corrected chi connectivity index (χ2v) is 10.0. The molecule has 10 heteroatoms. The number of aryl methyl sites for hydroxylation is 1. The molecule has 0 N–H and O–H groups in total. The fraction of sp³-hybridized carbons (Fsp3) is 0.417. The third-order valence-corrected chi connectivity index (χ3v) is 7.82. The fourth-order valence-electron chi connectivity index (χ4n) is 4.09. The first-order chi connectivity index (χ1) is 16.4. The molecular formula is C24H28N2O7S. The zero-order chi connectivity index (χ0) is 24.1. The molecule has 0 amide bonds. The van der Waals surface area contributed by atoms with Gasteiger partial charge >= 0.3 is 11.7 Å². The van der Waals surface area contributed by atoms with Gasteiger partial charge in [-0.15, -0.1) is 0 Å². The highest BCUT2D eigenvalue weighted by Crippen LogP contribution is 2.26. The number of carbonyl (C=O) groups excluding carboxylic acids is 1. The van der Waals surface area contributed by atoms with Gasteiger partial charge in [0.1, 0.15) is 5.75 Å². The van der Waals surface area contributed by atoms with Crippen molar-refractivity contribution in [3.63, 3.8) is 0 Å². The zero-order valence-electron chi connectivity index (χ0n) is 19.0. The maximum Gasteiger partial charge on any atom is 0.419 e. The summed E-state index contributed by atoms with van der Waals surface area (Å²) < 4.78 is 44.7. The number of fused-ring (bicyclic) bond motifs is 1. The van der Waals surface area contributed by atoms with Crippen LogP contribution in [0.15, 0.2) is 62.6 Å². The smallest absolute Gasteiger partial charge is 0.419 e. The van der Waals surface area contributed by atoms with Gasteiger partial charge in [-0.2, -0.15) is 4.31 Å². The summed E-state index contributed by atoms with van der Waals surface area (Å²) in [6.07, 6.45) is 1.28. The Labute approximate surface area is 197 Å². The molecule has 182 valence electrons. The lowest BCUT2D eigenvalue weighted by molar-refractivity contribution is -0.150. The average Bonchev–Trinajstić information content (AvgIpc) is 3.17. The summed E-state index contributed by atoms with van der Waals surface area (Å²) in [6, 6.07) is 13.5. The van der Waals surface area contributed by atoms with Crippen molar-refractivity contribution in [2.45, 2.75) is 37.6 Å². The molecule has 0 atom stereocenters. The quantitative estimate of drug-likeness (QED) is 0.336. The Hall–Kier alpha value is -3.11. The van der Waals surface area contributed by atoms with E-state index in [1.54, 1.807) is 30.3 Å². The van der Waals surface area contributed by atoms with Gasteiger partial charge in [-0.1, -0.05) is 12.1 Å². The van der Waals surface area contributed by atoms with Crippen molar-refractivity contribution in [2.75, 3.05) is 26.3 Å². The van der Waals surface area contributed by atoms with Gasteiger partial charge in [0.2, 0.25) is 10.0 Å². The monoisotopic (exact) mass is 488 g/mol. The maximum atomic E-state index is 12.9. The molecule has 0 spiro atoms. The molecule has 2 aromatic carbocycles. The van der Waals surface area contributed by atoms with Crippen LogP contribution >= 0.6 is 0 Å². The number of esters is 1. The highest BCUT2D eigenvalue weighted by molar-refractivity contribution is 7.89. The lowest BCUT2D eigenvalue weighted by Gasteiger charge is -2.30. The van der Waals surface area contributed by atoms with E-state index in [1.807, 2.05) is 13.0 Å². The van der Waals surface area contributed by atoms with Crippen LogP contribution in [-0.2, 0) is 26.1 Å². The minimum atomic E-state index is -3.63. The summed E-state index contributed by atoms with van der Waals surface area (Å²) in [5, 5.41) is 0. The van der Waals surface area contributed by atoms with E-state index >= 15 is 0 Å². The molecule has 9 nitrogen and oxygen atoms in total. The molecular weight excluding hydrogens is 460 g/mol. The number of carbonyl (C=O) groups is 1. The molecule has 34 heavy (non-hydrogen) atoms. The minimum Gasteiger partial charge on any atom is -0.494 e. The Balaban J connectivity index is 1.25. The molecule has 0 aliphatic carbocycles. The van der Waals surface area contributed by atoms with Crippen LogP contribution in [0.2, 0.25) is 0 Å². The third kappa shape index (κ3) is 5.18. The van der Waals surface area contributed by atoms with Crippen molar-refractivity contribution in [3.05, 3.63) is 59.1 Å². The predicted molar refractivity (Wildman–Crippen MR) is 125 cm³/mol. The fourth-order valence-corrected chi connectivity index (χ4v) is 5.56. The molecule has 0 unspecified atom stereocenters. The molecule has 1 saturated heterocycles. The summed E-state index contributed by atoms with van der Waals surface area (Å²) in [5.41, 5.74) is 1.23.